The van der Waals surface area contributed by atoms with Gasteiger partial charge in [0.15, 0.2) is 0 Å². The molecule has 0 aromatic carbocycles. The minimum atomic E-state index is -1.07. The summed E-state index contributed by atoms with van der Waals surface area (Å²) in [5.41, 5.74) is -0.750. The summed E-state index contributed by atoms with van der Waals surface area (Å²) in [6, 6.07) is -3.86. The molecule has 0 aromatic heterocycles. The first kappa shape index (κ1) is 34.6. The maximum Gasteiger partial charge on any atom is 0.246 e. The second-order valence-corrected chi connectivity index (χ2v) is 13.5. The smallest absolute Gasteiger partial charge is 0.246 e. The van der Waals surface area contributed by atoms with Crippen molar-refractivity contribution in [3.63, 3.8) is 0 Å². The molecule has 12 nitrogen and oxygen atoms in total. The fourth-order valence-electron chi connectivity index (χ4n) is 5.17. The molecule has 2 bridgehead atoms. The van der Waals surface area contributed by atoms with Crippen LogP contribution >= 0.6 is 11.8 Å². The molecule has 240 valence electrons. The first-order chi connectivity index (χ1) is 20.3. The Bertz CT molecular complexity index is 1110. The molecular weight excluding hydrogens is 572 g/mol. The van der Waals surface area contributed by atoms with Gasteiger partial charge in [0.25, 0.3) is 0 Å². The van der Waals surface area contributed by atoms with E-state index >= 15 is 0 Å². The largest absolute Gasteiger partial charge is 0.369 e. The number of thioether (sulfide) groups is 1. The van der Waals surface area contributed by atoms with Gasteiger partial charge in [-0.3, -0.25) is 29.0 Å². The van der Waals surface area contributed by atoms with E-state index in [0.717, 1.165) is 0 Å². The molecule has 3 rings (SSSR count). The van der Waals surface area contributed by atoms with Crippen molar-refractivity contribution in [2.24, 2.45) is 16.8 Å². The van der Waals surface area contributed by atoms with E-state index in [-0.39, 0.29) is 36.8 Å². The third kappa shape index (κ3) is 9.28. The van der Waals surface area contributed by atoms with Gasteiger partial charge >= 0.3 is 0 Å². The second kappa shape index (κ2) is 15.2. The van der Waals surface area contributed by atoms with Crippen LogP contribution in [0.4, 0.5) is 0 Å². The molecule has 6 atom stereocenters. The Morgan fingerprint density at radius 3 is 2.44 bits per heavy atom. The third-order valence-electron chi connectivity index (χ3n) is 8.10. The summed E-state index contributed by atoms with van der Waals surface area (Å²) < 4.78 is 5.88. The van der Waals surface area contributed by atoms with Crippen LogP contribution in [-0.2, 0) is 28.7 Å². The monoisotopic (exact) mass is 620 g/mol. The van der Waals surface area contributed by atoms with Crippen LogP contribution in [-0.4, -0.2) is 101 Å². The SMILES string of the molecule is C=CC(C)(C)OC[C@@H]1NC(=O)CNC(=O)[C@@H]2CCCN2C(=O)[C@H](C(C)CC)NC(=O)[C@@H]2CSC(=N2)[C@H](CC(C)C)NC1=O. The summed E-state index contributed by atoms with van der Waals surface area (Å²) in [4.78, 5) is 73.2. The van der Waals surface area contributed by atoms with Gasteiger partial charge < -0.3 is 30.9 Å². The van der Waals surface area contributed by atoms with Gasteiger partial charge in [0.2, 0.25) is 29.5 Å². The number of rotatable bonds is 8. The van der Waals surface area contributed by atoms with Crippen molar-refractivity contribution in [3.05, 3.63) is 12.7 Å². The molecule has 5 amide bonds. The van der Waals surface area contributed by atoms with E-state index in [1.54, 1.807) is 19.9 Å². The maximum absolute atomic E-state index is 13.8. The summed E-state index contributed by atoms with van der Waals surface area (Å²) in [6.45, 7) is 15.1. The summed E-state index contributed by atoms with van der Waals surface area (Å²) >= 11 is 1.40. The highest BCUT2D eigenvalue weighted by Gasteiger charge is 2.41. The lowest BCUT2D eigenvalue weighted by Crippen LogP contribution is -2.58. The predicted octanol–water partition coefficient (Wildman–Crippen LogP) is 1.15. The molecular formula is C30H48N6O6S. The van der Waals surface area contributed by atoms with Crippen molar-refractivity contribution in [3.8, 4) is 0 Å². The molecule has 0 aromatic rings. The Balaban J connectivity index is 1.97. The summed E-state index contributed by atoms with van der Waals surface area (Å²) in [5.74, 6) is -1.77. The van der Waals surface area contributed by atoms with Crippen molar-refractivity contribution in [1.29, 1.82) is 0 Å². The van der Waals surface area contributed by atoms with E-state index in [2.05, 4.69) is 27.8 Å². The number of fused-ring (bicyclic) bond motifs is 2. The summed E-state index contributed by atoms with van der Waals surface area (Å²) in [6.07, 6.45) is 3.88. The van der Waals surface area contributed by atoms with Gasteiger partial charge in [-0.05, 0) is 44.9 Å². The topological polar surface area (TPSA) is 158 Å². The van der Waals surface area contributed by atoms with Crippen LogP contribution < -0.4 is 21.3 Å². The number of nitrogens with zero attached hydrogens (tertiary/aromatic N) is 2. The molecule has 1 fully saturated rings. The van der Waals surface area contributed by atoms with Crippen LogP contribution in [0, 0.1) is 11.8 Å². The number of carbonyl (C=O) groups excluding carboxylic acids is 5. The Kier molecular flexibility index (Phi) is 12.2. The van der Waals surface area contributed by atoms with Gasteiger partial charge in [0.05, 0.1) is 29.8 Å². The van der Waals surface area contributed by atoms with Crippen molar-refractivity contribution in [1.82, 2.24) is 26.2 Å². The van der Waals surface area contributed by atoms with Crippen LogP contribution in [0.2, 0.25) is 0 Å². The lowest BCUT2D eigenvalue weighted by Gasteiger charge is -2.31. The minimum absolute atomic E-state index is 0.133. The van der Waals surface area contributed by atoms with Crippen molar-refractivity contribution < 1.29 is 28.7 Å². The lowest BCUT2D eigenvalue weighted by atomic mass is 9.97. The van der Waals surface area contributed by atoms with E-state index < -0.39 is 53.5 Å². The predicted molar refractivity (Wildman–Crippen MR) is 166 cm³/mol. The zero-order valence-electron chi connectivity index (χ0n) is 26.2. The third-order valence-corrected chi connectivity index (χ3v) is 9.27. The van der Waals surface area contributed by atoms with E-state index in [9.17, 15) is 24.0 Å². The quantitative estimate of drug-likeness (QED) is 0.297. The average molecular weight is 621 g/mol. The first-order valence-corrected chi connectivity index (χ1v) is 16.2. The number of nitrogens with one attached hydrogen (secondary N) is 4. The number of amides is 5. The van der Waals surface area contributed by atoms with Gasteiger partial charge in [-0.2, -0.15) is 0 Å². The normalized spacial score (nSPS) is 28.6. The molecule has 1 unspecified atom stereocenters. The van der Waals surface area contributed by atoms with E-state index in [1.807, 2.05) is 27.7 Å². The highest BCUT2D eigenvalue weighted by molar-refractivity contribution is 8.14. The molecule has 0 spiro atoms. The highest BCUT2D eigenvalue weighted by atomic mass is 32.2. The van der Waals surface area contributed by atoms with E-state index in [0.29, 0.717) is 43.0 Å². The summed E-state index contributed by atoms with van der Waals surface area (Å²) in [5, 5.41) is 11.9. The molecule has 0 aliphatic carbocycles. The Labute approximate surface area is 259 Å². The molecule has 3 aliphatic rings. The fourth-order valence-corrected chi connectivity index (χ4v) is 6.28. The molecule has 4 N–H and O–H groups in total. The Morgan fingerprint density at radius 2 is 1.79 bits per heavy atom. The minimum Gasteiger partial charge on any atom is -0.369 e. The van der Waals surface area contributed by atoms with Crippen LogP contribution in [0.5, 0.6) is 0 Å². The zero-order valence-corrected chi connectivity index (χ0v) is 27.1. The van der Waals surface area contributed by atoms with Crippen molar-refractivity contribution >= 4 is 46.3 Å². The van der Waals surface area contributed by atoms with Gasteiger partial charge in [-0.15, -0.1) is 18.3 Å². The lowest BCUT2D eigenvalue weighted by molar-refractivity contribution is -0.143. The summed E-state index contributed by atoms with van der Waals surface area (Å²) in [7, 11) is 0. The molecule has 1 saturated heterocycles. The van der Waals surface area contributed by atoms with Gasteiger partial charge in [0.1, 0.15) is 24.2 Å². The number of hydrogen-bond donors (Lipinski definition) is 4. The average Bonchev–Trinajstić information content (AvgIpc) is 3.65. The van der Waals surface area contributed by atoms with Crippen LogP contribution in [0.25, 0.3) is 0 Å². The first-order valence-electron chi connectivity index (χ1n) is 15.2. The maximum atomic E-state index is 13.8. The Hall–Kier alpha value is -2.93. The van der Waals surface area contributed by atoms with E-state index in [1.165, 1.54) is 16.7 Å². The van der Waals surface area contributed by atoms with Crippen molar-refractivity contribution in [2.45, 2.75) is 103 Å². The standard InChI is InChI=1S/C30H48N6O6S/c1-8-18(5)24-29(41)36-12-10-11-22(36)27(40)31-14-23(37)32-20(15-42-30(6,7)9-2)25(38)33-19(13-17(3)4)28-34-21(16-43-28)26(39)35-24/h9,17-22,24H,2,8,10-16H2,1,3-7H3,(H,31,40)(H,32,37)(H,33,38)(H,35,39)/t18?,19-,20-,21-,22-,24-/m0/s1. The van der Waals surface area contributed by atoms with Crippen LogP contribution in [0.15, 0.2) is 17.6 Å². The molecule has 0 saturated carbocycles. The van der Waals surface area contributed by atoms with Crippen LogP contribution in [0.1, 0.15) is 67.2 Å². The van der Waals surface area contributed by atoms with Crippen molar-refractivity contribution in [2.75, 3.05) is 25.4 Å². The van der Waals surface area contributed by atoms with Gasteiger partial charge in [-0.1, -0.05) is 40.2 Å². The molecule has 3 heterocycles. The fraction of sp³-hybridized carbons (Fsp3) is 0.733. The Morgan fingerprint density at radius 1 is 1.07 bits per heavy atom. The molecule has 13 heteroatoms. The van der Waals surface area contributed by atoms with Gasteiger partial charge in [0, 0.05) is 12.3 Å². The molecule has 0 radical (unpaired) electrons. The second-order valence-electron chi connectivity index (χ2n) is 12.5. The number of hydrogen-bond acceptors (Lipinski definition) is 8. The zero-order chi connectivity index (χ0) is 31.9. The number of aliphatic imine (C=N–C) groups is 1. The highest BCUT2D eigenvalue weighted by Crippen LogP contribution is 2.26. The van der Waals surface area contributed by atoms with Crippen LogP contribution in [0.3, 0.4) is 0 Å². The molecule has 43 heavy (non-hydrogen) atoms. The number of carbonyl (C=O) groups is 5. The van der Waals surface area contributed by atoms with Gasteiger partial charge in [-0.25, -0.2) is 0 Å². The molecule has 3 aliphatic heterocycles. The van der Waals surface area contributed by atoms with E-state index in [4.69, 9.17) is 9.73 Å². The number of ether oxygens (including phenoxy) is 1.